The quantitative estimate of drug-likeness (QED) is 0.390. The minimum absolute atomic E-state index is 0.00959. The highest BCUT2D eigenvalue weighted by atomic mass is 19.4. The summed E-state index contributed by atoms with van der Waals surface area (Å²) < 4.78 is 41.4. The summed E-state index contributed by atoms with van der Waals surface area (Å²) in [7, 11) is 0. The average molecular weight is 471 g/mol. The zero-order chi connectivity index (χ0) is 23.9. The van der Waals surface area contributed by atoms with Crippen molar-refractivity contribution in [3.8, 4) is 11.4 Å². The number of aromatic amines is 1. The number of nitrogens with zero attached hydrogens (tertiary/aromatic N) is 6. The number of nitrogens with two attached hydrogens (primary N) is 1. The molecule has 0 aliphatic heterocycles. The first-order valence-electron chi connectivity index (χ1n) is 11.1. The lowest BCUT2D eigenvalue weighted by Gasteiger charge is -2.30. The van der Waals surface area contributed by atoms with E-state index in [2.05, 4.69) is 35.2 Å². The van der Waals surface area contributed by atoms with Gasteiger partial charge in [-0.3, -0.25) is 0 Å². The molecule has 178 valence electrons. The number of anilines is 2. The fourth-order valence-electron chi connectivity index (χ4n) is 4.52. The molecule has 4 heterocycles. The predicted molar refractivity (Wildman–Crippen MR) is 120 cm³/mol. The molecule has 0 saturated heterocycles. The first-order chi connectivity index (χ1) is 16.3. The molecule has 4 aromatic heterocycles. The van der Waals surface area contributed by atoms with Gasteiger partial charge in [-0.15, -0.1) is 0 Å². The molecule has 0 unspecified atom stereocenters. The van der Waals surface area contributed by atoms with E-state index in [4.69, 9.17) is 5.73 Å². The highest BCUT2D eigenvalue weighted by Crippen LogP contribution is 2.37. The molecule has 0 spiro atoms. The molecule has 34 heavy (non-hydrogen) atoms. The molecular formula is C22H24F3N9. The Hall–Kier alpha value is -3.70. The fraction of sp³-hybridized carbons (Fsp3) is 0.409. The van der Waals surface area contributed by atoms with Crippen LogP contribution in [0.2, 0.25) is 0 Å². The highest BCUT2D eigenvalue weighted by Gasteiger charge is 2.36. The topological polar surface area (TPSA) is 123 Å². The van der Waals surface area contributed by atoms with Gasteiger partial charge in [-0.1, -0.05) is 19.3 Å². The van der Waals surface area contributed by atoms with E-state index in [1.165, 1.54) is 6.20 Å². The van der Waals surface area contributed by atoms with Gasteiger partial charge in [0.2, 0.25) is 17.7 Å². The SMILES string of the molecule is Cc1ncc2ccc(-c3nc(N)nc(N[C@H](c4c[nH]c(C(F)(F)F)n4)C4CCCCC4)n3)cn12. The molecule has 12 heteroatoms. The molecule has 4 aromatic rings. The molecule has 0 radical (unpaired) electrons. The second kappa shape index (κ2) is 8.58. The number of H-pyrrole nitrogens is 1. The Morgan fingerprint density at radius 3 is 2.65 bits per heavy atom. The van der Waals surface area contributed by atoms with Crippen LogP contribution in [0.25, 0.3) is 16.9 Å². The lowest BCUT2D eigenvalue weighted by Crippen LogP contribution is -2.25. The number of nitrogens with one attached hydrogen (secondary N) is 2. The minimum Gasteiger partial charge on any atom is -0.368 e. The number of rotatable bonds is 5. The van der Waals surface area contributed by atoms with Crippen molar-refractivity contribution in [2.75, 3.05) is 11.1 Å². The number of alkyl halides is 3. The van der Waals surface area contributed by atoms with E-state index in [9.17, 15) is 13.2 Å². The summed E-state index contributed by atoms with van der Waals surface area (Å²) in [4.78, 5) is 23.4. The van der Waals surface area contributed by atoms with E-state index in [-0.39, 0.29) is 23.5 Å². The molecule has 0 aromatic carbocycles. The highest BCUT2D eigenvalue weighted by molar-refractivity contribution is 5.61. The lowest BCUT2D eigenvalue weighted by atomic mass is 9.83. The number of halogens is 3. The van der Waals surface area contributed by atoms with Crippen LogP contribution >= 0.6 is 0 Å². The van der Waals surface area contributed by atoms with Crippen LogP contribution in [-0.2, 0) is 6.18 Å². The summed E-state index contributed by atoms with van der Waals surface area (Å²) in [5.41, 5.74) is 7.89. The van der Waals surface area contributed by atoms with E-state index >= 15 is 0 Å². The Labute approximate surface area is 193 Å². The van der Waals surface area contributed by atoms with Crippen LogP contribution < -0.4 is 11.1 Å². The molecule has 4 N–H and O–H groups in total. The summed E-state index contributed by atoms with van der Waals surface area (Å²) >= 11 is 0. The fourth-order valence-corrected chi connectivity index (χ4v) is 4.52. The Kier molecular flexibility index (Phi) is 5.58. The van der Waals surface area contributed by atoms with E-state index in [1.807, 2.05) is 29.7 Å². The number of aryl methyl sites for hydroxylation is 1. The second-order valence-electron chi connectivity index (χ2n) is 8.55. The minimum atomic E-state index is -4.55. The molecule has 1 atom stereocenters. The van der Waals surface area contributed by atoms with E-state index in [0.29, 0.717) is 11.4 Å². The normalized spacial score (nSPS) is 16.1. The number of hydrogen-bond acceptors (Lipinski definition) is 7. The first kappa shape index (κ1) is 22.1. The third-order valence-corrected chi connectivity index (χ3v) is 6.21. The Morgan fingerprint density at radius 1 is 1.12 bits per heavy atom. The Bertz CT molecular complexity index is 1300. The van der Waals surface area contributed by atoms with Gasteiger partial charge in [0.1, 0.15) is 5.82 Å². The smallest absolute Gasteiger partial charge is 0.368 e. The predicted octanol–water partition coefficient (Wildman–Crippen LogP) is 4.55. The van der Waals surface area contributed by atoms with Gasteiger partial charge in [0, 0.05) is 18.0 Å². The summed E-state index contributed by atoms with van der Waals surface area (Å²) in [5, 5.41) is 3.21. The van der Waals surface area contributed by atoms with E-state index < -0.39 is 18.0 Å². The Morgan fingerprint density at radius 2 is 1.91 bits per heavy atom. The van der Waals surface area contributed by atoms with Crippen molar-refractivity contribution in [3.05, 3.63) is 48.1 Å². The van der Waals surface area contributed by atoms with Crippen LogP contribution in [0.5, 0.6) is 0 Å². The summed E-state index contributed by atoms with van der Waals surface area (Å²) in [6.07, 6.45) is 5.24. The van der Waals surface area contributed by atoms with Crippen molar-refractivity contribution in [3.63, 3.8) is 0 Å². The summed E-state index contributed by atoms with van der Waals surface area (Å²) in [6.45, 7) is 1.89. The number of aromatic nitrogens is 7. The number of hydrogen-bond donors (Lipinski definition) is 3. The van der Waals surface area contributed by atoms with Crippen LogP contribution in [0.4, 0.5) is 25.1 Å². The summed E-state index contributed by atoms with van der Waals surface area (Å²) in [5.74, 6) is 0.431. The van der Waals surface area contributed by atoms with Crippen LogP contribution in [0, 0.1) is 12.8 Å². The van der Waals surface area contributed by atoms with Crippen molar-refractivity contribution >= 4 is 17.4 Å². The number of imidazole rings is 2. The standard InChI is InChI=1S/C22H24F3N9/c1-12-27-9-15-8-7-14(11-34(12)15)18-31-20(26)33-21(32-18)30-17(13-5-3-2-4-6-13)16-10-28-19(29-16)22(23,24)25/h7-11,13,17H,2-6H2,1H3,(H,28,29)(H3,26,30,31,32,33)/t17-/m0/s1. The second-order valence-corrected chi connectivity index (χ2v) is 8.55. The van der Waals surface area contributed by atoms with Crippen LogP contribution in [0.1, 0.15) is 55.5 Å². The molecule has 0 bridgehead atoms. The van der Waals surface area contributed by atoms with Gasteiger partial charge in [0.15, 0.2) is 5.82 Å². The Balaban J connectivity index is 1.49. The van der Waals surface area contributed by atoms with Gasteiger partial charge >= 0.3 is 6.18 Å². The number of nitrogen functional groups attached to an aromatic ring is 1. The number of pyridine rings is 1. The van der Waals surface area contributed by atoms with Crippen LogP contribution in [0.3, 0.4) is 0 Å². The van der Waals surface area contributed by atoms with Crippen molar-refractivity contribution in [2.24, 2.45) is 5.92 Å². The molecule has 1 aliphatic carbocycles. The third-order valence-electron chi connectivity index (χ3n) is 6.21. The molecule has 5 rings (SSSR count). The molecule has 1 fully saturated rings. The van der Waals surface area contributed by atoms with Crippen LogP contribution in [-0.4, -0.2) is 34.3 Å². The maximum atomic E-state index is 13.2. The van der Waals surface area contributed by atoms with Crippen molar-refractivity contribution in [1.29, 1.82) is 0 Å². The van der Waals surface area contributed by atoms with Crippen molar-refractivity contribution in [1.82, 2.24) is 34.3 Å². The lowest BCUT2D eigenvalue weighted by molar-refractivity contribution is -0.144. The maximum absolute atomic E-state index is 13.2. The van der Waals surface area contributed by atoms with Gasteiger partial charge in [-0.25, -0.2) is 9.97 Å². The van der Waals surface area contributed by atoms with Crippen molar-refractivity contribution in [2.45, 2.75) is 51.2 Å². The van der Waals surface area contributed by atoms with E-state index in [0.717, 1.165) is 43.4 Å². The van der Waals surface area contributed by atoms with Crippen molar-refractivity contribution < 1.29 is 13.2 Å². The number of fused-ring (bicyclic) bond motifs is 1. The van der Waals surface area contributed by atoms with E-state index in [1.54, 1.807) is 6.20 Å². The largest absolute Gasteiger partial charge is 0.449 e. The third kappa shape index (κ3) is 4.39. The zero-order valence-electron chi connectivity index (χ0n) is 18.5. The van der Waals surface area contributed by atoms with Gasteiger partial charge in [0.05, 0.1) is 23.4 Å². The monoisotopic (exact) mass is 471 g/mol. The van der Waals surface area contributed by atoms with Crippen LogP contribution in [0.15, 0.2) is 30.7 Å². The molecular weight excluding hydrogens is 447 g/mol. The van der Waals surface area contributed by atoms with Gasteiger partial charge in [-0.05, 0) is 37.8 Å². The average Bonchev–Trinajstić information content (AvgIpc) is 3.45. The zero-order valence-corrected chi connectivity index (χ0v) is 18.5. The van der Waals surface area contributed by atoms with Gasteiger partial charge < -0.3 is 20.4 Å². The molecule has 0 amide bonds. The molecule has 9 nitrogen and oxygen atoms in total. The first-order valence-corrected chi connectivity index (χ1v) is 11.1. The van der Waals surface area contributed by atoms with Gasteiger partial charge in [0.25, 0.3) is 0 Å². The molecule has 1 aliphatic rings. The van der Waals surface area contributed by atoms with Gasteiger partial charge in [-0.2, -0.15) is 28.1 Å². The molecule has 1 saturated carbocycles. The summed E-state index contributed by atoms with van der Waals surface area (Å²) in [6, 6.07) is 3.26. The maximum Gasteiger partial charge on any atom is 0.449 e.